The lowest BCUT2D eigenvalue weighted by Gasteiger charge is -2.25. The molecule has 0 bridgehead atoms. The Bertz CT molecular complexity index is 904. The standard InChI is InChI=1S/C16H25ClN8O2S/c1-24-11-12(8-20-24)22-16-19-10-14(17)15(23-16)18-9-13-4-3-6-25(13)7-5-21-28(2,26)27/h8,10-11,13,21H,3-7,9H2,1-2H3,(H2,18,19,22,23). The van der Waals surface area contributed by atoms with Gasteiger partial charge >= 0.3 is 0 Å². The Kier molecular flexibility index (Phi) is 6.70. The minimum atomic E-state index is -3.16. The maximum Gasteiger partial charge on any atom is 0.229 e. The molecule has 154 valence electrons. The van der Waals surface area contributed by atoms with E-state index in [0.717, 1.165) is 25.1 Å². The number of nitrogens with one attached hydrogen (secondary N) is 3. The molecule has 2 aromatic rings. The highest BCUT2D eigenvalue weighted by Crippen LogP contribution is 2.23. The minimum absolute atomic E-state index is 0.294. The van der Waals surface area contributed by atoms with E-state index in [4.69, 9.17) is 11.6 Å². The SMILES string of the molecule is Cn1cc(Nc2ncc(Cl)c(NCC3CCCN3CCNS(C)(=O)=O)n2)cn1. The van der Waals surface area contributed by atoms with Gasteiger partial charge in [0, 0.05) is 38.9 Å². The monoisotopic (exact) mass is 428 g/mol. The van der Waals surface area contributed by atoms with Crippen LogP contribution >= 0.6 is 11.6 Å². The van der Waals surface area contributed by atoms with Crippen molar-refractivity contribution < 1.29 is 8.42 Å². The second-order valence-corrected chi connectivity index (χ2v) is 9.04. The van der Waals surface area contributed by atoms with E-state index in [9.17, 15) is 8.42 Å². The summed E-state index contributed by atoms with van der Waals surface area (Å²) in [6, 6.07) is 0.294. The first-order valence-electron chi connectivity index (χ1n) is 9.01. The van der Waals surface area contributed by atoms with Gasteiger partial charge in [0.2, 0.25) is 16.0 Å². The zero-order chi connectivity index (χ0) is 20.1. The Hall–Kier alpha value is -1.95. The fraction of sp³-hybridized carbons (Fsp3) is 0.562. The predicted molar refractivity (Wildman–Crippen MR) is 109 cm³/mol. The van der Waals surface area contributed by atoms with Crippen molar-refractivity contribution in [3.05, 3.63) is 23.6 Å². The van der Waals surface area contributed by atoms with E-state index in [1.54, 1.807) is 17.1 Å². The van der Waals surface area contributed by atoms with Crippen molar-refractivity contribution in [2.75, 3.05) is 43.1 Å². The van der Waals surface area contributed by atoms with E-state index in [-0.39, 0.29) is 0 Å². The first-order valence-corrected chi connectivity index (χ1v) is 11.3. The summed E-state index contributed by atoms with van der Waals surface area (Å²) < 4.78 is 26.7. The van der Waals surface area contributed by atoms with Crippen LogP contribution in [0.2, 0.25) is 5.02 Å². The van der Waals surface area contributed by atoms with Crippen LogP contribution in [-0.4, -0.2) is 71.5 Å². The van der Waals surface area contributed by atoms with Gasteiger partial charge in [0.15, 0.2) is 5.82 Å². The Morgan fingerprint density at radius 3 is 2.89 bits per heavy atom. The summed E-state index contributed by atoms with van der Waals surface area (Å²) in [7, 11) is -1.33. The molecule has 1 fully saturated rings. The summed E-state index contributed by atoms with van der Waals surface area (Å²) in [4.78, 5) is 10.9. The number of anilines is 3. The molecule has 0 saturated carbocycles. The maximum absolute atomic E-state index is 11.2. The molecule has 0 aromatic carbocycles. The second kappa shape index (κ2) is 9.03. The summed E-state index contributed by atoms with van der Waals surface area (Å²) in [5, 5.41) is 10.9. The third kappa shape index (κ3) is 6.03. The minimum Gasteiger partial charge on any atom is -0.367 e. The average Bonchev–Trinajstić information content (AvgIpc) is 3.23. The lowest BCUT2D eigenvalue weighted by molar-refractivity contribution is 0.267. The number of hydrogen-bond donors (Lipinski definition) is 3. The first kappa shape index (κ1) is 20.8. The summed E-state index contributed by atoms with van der Waals surface area (Å²) in [6.07, 6.45) is 8.35. The molecule has 0 spiro atoms. The van der Waals surface area contributed by atoms with Gasteiger partial charge in [-0.3, -0.25) is 9.58 Å². The number of sulfonamides is 1. The van der Waals surface area contributed by atoms with Crippen molar-refractivity contribution in [3.8, 4) is 0 Å². The van der Waals surface area contributed by atoms with Gasteiger partial charge in [0.1, 0.15) is 5.02 Å². The van der Waals surface area contributed by atoms with Crippen molar-refractivity contribution >= 4 is 39.1 Å². The van der Waals surface area contributed by atoms with Crippen LogP contribution in [0.4, 0.5) is 17.5 Å². The van der Waals surface area contributed by atoms with E-state index in [2.05, 4.69) is 35.3 Å². The topological polar surface area (TPSA) is 117 Å². The molecule has 3 rings (SSSR count). The molecule has 28 heavy (non-hydrogen) atoms. The van der Waals surface area contributed by atoms with Gasteiger partial charge in [0.25, 0.3) is 0 Å². The van der Waals surface area contributed by atoms with Crippen LogP contribution < -0.4 is 15.4 Å². The van der Waals surface area contributed by atoms with E-state index >= 15 is 0 Å². The molecule has 1 unspecified atom stereocenters. The quantitative estimate of drug-likeness (QED) is 0.542. The van der Waals surface area contributed by atoms with Gasteiger partial charge in [-0.15, -0.1) is 0 Å². The van der Waals surface area contributed by atoms with E-state index in [0.29, 0.717) is 42.5 Å². The van der Waals surface area contributed by atoms with Crippen molar-refractivity contribution in [1.82, 2.24) is 29.4 Å². The van der Waals surface area contributed by atoms with Crippen LogP contribution in [0.25, 0.3) is 0 Å². The van der Waals surface area contributed by atoms with Crippen LogP contribution in [0.15, 0.2) is 18.6 Å². The predicted octanol–water partition coefficient (Wildman–Crippen LogP) is 1.03. The molecule has 1 aliphatic heterocycles. The molecule has 2 aromatic heterocycles. The van der Waals surface area contributed by atoms with Crippen molar-refractivity contribution in [2.45, 2.75) is 18.9 Å². The number of aryl methyl sites for hydroxylation is 1. The zero-order valence-corrected chi connectivity index (χ0v) is 17.5. The van der Waals surface area contributed by atoms with Gasteiger partial charge in [-0.2, -0.15) is 10.1 Å². The number of rotatable bonds is 9. The second-order valence-electron chi connectivity index (χ2n) is 6.80. The van der Waals surface area contributed by atoms with Gasteiger partial charge < -0.3 is 10.6 Å². The van der Waals surface area contributed by atoms with E-state index in [1.807, 2.05) is 13.2 Å². The van der Waals surface area contributed by atoms with Gasteiger partial charge in [-0.1, -0.05) is 11.6 Å². The van der Waals surface area contributed by atoms with Crippen molar-refractivity contribution in [3.63, 3.8) is 0 Å². The van der Waals surface area contributed by atoms with Gasteiger partial charge in [-0.25, -0.2) is 18.1 Å². The number of hydrogen-bond acceptors (Lipinski definition) is 8. The van der Waals surface area contributed by atoms with Crippen LogP contribution in [0.3, 0.4) is 0 Å². The van der Waals surface area contributed by atoms with Crippen LogP contribution in [0, 0.1) is 0 Å². The highest BCUT2D eigenvalue weighted by molar-refractivity contribution is 7.88. The molecule has 0 aliphatic carbocycles. The Morgan fingerprint density at radius 1 is 1.36 bits per heavy atom. The molecular formula is C16H25ClN8O2S. The largest absolute Gasteiger partial charge is 0.367 e. The molecule has 1 saturated heterocycles. The first-order chi connectivity index (χ1) is 13.3. The van der Waals surface area contributed by atoms with E-state index < -0.39 is 10.0 Å². The molecule has 12 heteroatoms. The van der Waals surface area contributed by atoms with E-state index in [1.165, 1.54) is 6.26 Å². The fourth-order valence-electron chi connectivity index (χ4n) is 3.18. The molecule has 1 aliphatic rings. The molecule has 3 N–H and O–H groups in total. The van der Waals surface area contributed by atoms with Gasteiger partial charge in [-0.05, 0) is 19.4 Å². The number of likely N-dealkylation sites (tertiary alicyclic amines) is 1. The van der Waals surface area contributed by atoms with Crippen molar-refractivity contribution in [2.24, 2.45) is 7.05 Å². The normalized spacial score (nSPS) is 17.8. The van der Waals surface area contributed by atoms with Crippen LogP contribution in [-0.2, 0) is 17.1 Å². The molecule has 0 amide bonds. The highest BCUT2D eigenvalue weighted by Gasteiger charge is 2.24. The third-order valence-electron chi connectivity index (χ3n) is 4.47. The Labute approximate surface area is 169 Å². The summed E-state index contributed by atoms with van der Waals surface area (Å²) >= 11 is 6.24. The maximum atomic E-state index is 11.2. The third-order valence-corrected chi connectivity index (χ3v) is 5.48. The zero-order valence-electron chi connectivity index (χ0n) is 15.9. The molecule has 3 heterocycles. The smallest absolute Gasteiger partial charge is 0.229 e. The molecular weight excluding hydrogens is 404 g/mol. The van der Waals surface area contributed by atoms with Crippen LogP contribution in [0.5, 0.6) is 0 Å². The molecule has 1 atom stereocenters. The molecule has 10 nitrogen and oxygen atoms in total. The fourth-order valence-corrected chi connectivity index (χ4v) is 3.80. The number of aromatic nitrogens is 4. The lowest BCUT2D eigenvalue weighted by atomic mass is 10.2. The summed E-state index contributed by atoms with van der Waals surface area (Å²) in [6.45, 7) is 2.69. The Morgan fingerprint density at radius 2 is 2.18 bits per heavy atom. The summed E-state index contributed by atoms with van der Waals surface area (Å²) in [5.74, 6) is 0.990. The lowest BCUT2D eigenvalue weighted by Crippen LogP contribution is -2.40. The average molecular weight is 429 g/mol. The van der Waals surface area contributed by atoms with Crippen LogP contribution in [0.1, 0.15) is 12.8 Å². The van der Waals surface area contributed by atoms with Crippen molar-refractivity contribution in [1.29, 1.82) is 0 Å². The summed E-state index contributed by atoms with van der Waals surface area (Å²) in [5.41, 5.74) is 0.788. The highest BCUT2D eigenvalue weighted by atomic mass is 35.5. The molecule has 0 radical (unpaired) electrons. The van der Waals surface area contributed by atoms with Gasteiger partial charge in [0.05, 0.1) is 24.3 Å². The number of halogens is 1. The Balaban J connectivity index is 1.56. The number of nitrogens with zero attached hydrogens (tertiary/aromatic N) is 5.